The molecule has 0 aliphatic carbocycles. The number of rotatable bonds is 4. The Balaban J connectivity index is 1.65. The van der Waals surface area contributed by atoms with E-state index in [0.717, 1.165) is 43.7 Å². The minimum absolute atomic E-state index is 0.0551. The van der Waals surface area contributed by atoms with Crippen molar-refractivity contribution in [1.82, 2.24) is 15.1 Å². The van der Waals surface area contributed by atoms with Crippen LogP contribution in [-0.4, -0.2) is 54.5 Å². The van der Waals surface area contributed by atoms with Crippen LogP contribution in [-0.2, 0) is 11.3 Å². The first-order chi connectivity index (χ1) is 12.4. The Morgan fingerprint density at radius 3 is 2.62 bits per heavy atom. The fourth-order valence-corrected chi connectivity index (χ4v) is 4.02. The first kappa shape index (κ1) is 18.5. The van der Waals surface area contributed by atoms with Crippen LogP contribution in [0.15, 0.2) is 24.3 Å². The lowest BCUT2D eigenvalue weighted by Gasteiger charge is -2.39. The van der Waals surface area contributed by atoms with Crippen LogP contribution in [0.4, 0.5) is 4.79 Å². The second-order valence-corrected chi connectivity index (χ2v) is 7.73. The number of hydrogen-bond acceptors (Lipinski definition) is 3. The first-order valence-electron chi connectivity index (χ1n) is 9.41. The van der Waals surface area contributed by atoms with Gasteiger partial charge < -0.3 is 19.9 Å². The van der Waals surface area contributed by atoms with Crippen LogP contribution in [0, 0.1) is 5.41 Å². The molecule has 0 aromatic heterocycles. The van der Waals surface area contributed by atoms with Crippen LogP contribution in [0.1, 0.15) is 38.7 Å². The molecular formula is C20H29N3O3. The standard InChI is InChI=1S/C20H29N3O3/c1-15(2)21-19(25)23-11-4-9-20(14-23)10-12-22(18(20)24)13-16-5-7-17(26-3)8-6-16/h5-8,15H,4,9-14H2,1-3H3,(H,21,25)/t20-/m1/s1. The maximum Gasteiger partial charge on any atom is 0.317 e. The van der Waals surface area contributed by atoms with E-state index in [9.17, 15) is 9.59 Å². The van der Waals surface area contributed by atoms with Crippen molar-refractivity contribution in [2.45, 2.75) is 45.7 Å². The number of ether oxygens (including phenoxy) is 1. The summed E-state index contributed by atoms with van der Waals surface area (Å²) in [6, 6.07) is 7.89. The van der Waals surface area contributed by atoms with Gasteiger partial charge in [-0.2, -0.15) is 0 Å². The van der Waals surface area contributed by atoms with Gasteiger partial charge in [-0.15, -0.1) is 0 Å². The lowest BCUT2D eigenvalue weighted by atomic mass is 9.78. The number of likely N-dealkylation sites (tertiary alicyclic amines) is 2. The molecule has 0 bridgehead atoms. The van der Waals surface area contributed by atoms with Gasteiger partial charge in [0.05, 0.1) is 12.5 Å². The smallest absolute Gasteiger partial charge is 0.317 e. The first-order valence-corrected chi connectivity index (χ1v) is 9.41. The normalized spacial score (nSPS) is 23.0. The molecule has 6 heteroatoms. The van der Waals surface area contributed by atoms with E-state index in [1.54, 1.807) is 7.11 Å². The number of urea groups is 1. The zero-order valence-electron chi connectivity index (χ0n) is 16.0. The van der Waals surface area contributed by atoms with Gasteiger partial charge in [0.15, 0.2) is 0 Å². The summed E-state index contributed by atoms with van der Waals surface area (Å²) in [4.78, 5) is 29.3. The van der Waals surface area contributed by atoms with Crippen LogP contribution < -0.4 is 10.1 Å². The molecule has 2 saturated heterocycles. The predicted molar refractivity (Wildman–Crippen MR) is 99.9 cm³/mol. The second-order valence-electron chi connectivity index (χ2n) is 7.73. The van der Waals surface area contributed by atoms with E-state index in [1.807, 2.05) is 47.9 Å². The summed E-state index contributed by atoms with van der Waals surface area (Å²) < 4.78 is 5.19. The Morgan fingerprint density at radius 1 is 1.23 bits per heavy atom. The van der Waals surface area contributed by atoms with E-state index in [0.29, 0.717) is 13.1 Å². The molecular weight excluding hydrogens is 330 g/mol. The van der Waals surface area contributed by atoms with Gasteiger partial charge in [0.2, 0.25) is 5.91 Å². The van der Waals surface area contributed by atoms with Crippen LogP contribution >= 0.6 is 0 Å². The van der Waals surface area contributed by atoms with Crippen molar-refractivity contribution < 1.29 is 14.3 Å². The van der Waals surface area contributed by atoms with Gasteiger partial charge in [-0.3, -0.25) is 4.79 Å². The van der Waals surface area contributed by atoms with E-state index in [4.69, 9.17) is 4.74 Å². The molecule has 1 aromatic carbocycles. The molecule has 3 rings (SSSR count). The number of methoxy groups -OCH3 is 1. The zero-order valence-corrected chi connectivity index (χ0v) is 16.0. The minimum atomic E-state index is -0.404. The fourth-order valence-electron chi connectivity index (χ4n) is 4.02. The number of nitrogens with one attached hydrogen (secondary N) is 1. The van der Waals surface area contributed by atoms with Gasteiger partial charge in [0.1, 0.15) is 5.75 Å². The van der Waals surface area contributed by atoms with Crippen LogP contribution in [0.25, 0.3) is 0 Å². The monoisotopic (exact) mass is 359 g/mol. The van der Waals surface area contributed by atoms with E-state index in [1.165, 1.54) is 0 Å². The highest BCUT2D eigenvalue weighted by Gasteiger charge is 2.49. The molecule has 1 atom stereocenters. The molecule has 1 aromatic rings. The van der Waals surface area contributed by atoms with Gasteiger partial charge in [-0.05, 0) is 50.8 Å². The molecule has 6 nitrogen and oxygen atoms in total. The van der Waals surface area contributed by atoms with Gasteiger partial charge in [0, 0.05) is 32.2 Å². The minimum Gasteiger partial charge on any atom is -0.497 e. The Labute approximate surface area is 155 Å². The lowest BCUT2D eigenvalue weighted by Crippen LogP contribution is -2.53. The summed E-state index contributed by atoms with van der Waals surface area (Å²) in [5.41, 5.74) is 0.695. The van der Waals surface area contributed by atoms with Crippen molar-refractivity contribution in [2.75, 3.05) is 26.7 Å². The Kier molecular flexibility index (Phi) is 5.39. The zero-order chi connectivity index (χ0) is 18.7. The molecule has 1 N–H and O–H groups in total. The topological polar surface area (TPSA) is 61.9 Å². The maximum atomic E-state index is 13.1. The molecule has 0 saturated carbocycles. The van der Waals surface area contributed by atoms with Crippen molar-refractivity contribution >= 4 is 11.9 Å². The maximum absolute atomic E-state index is 13.1. The molecule has 2 fully saturated rings. The summed E-state index contributed by atoms with van der Waals surface area (Å²) in [6.45, 7) is 6.53. The van der Waals surface area contributed by atoms with Gasteiger partial charge >= 0.3 is 6.03 Å². The Hall–Kier alpha value is -2.24. The largest absolute Gasteiger partial charge is 0.497 e. The highest BCUT2D eigenvalue weighted by molar-refractivity contribution is 5.86. The summed E-state index contributed by atoms with van der Waals surface area (Å²) in [7, 11) is 1.65. The second kappa shape index (κ2) is 7.56. The SMILES string of the molecule is COc1ccc(CN2CC[C@@]3(CCCN(C(=O)NC(C)C)C3)C2=O)cc1. The predicted octanol–water partition coefficient (Wildman–Crippen LogP) is 2.63. The average molecular weight is 359 g/mol. The average Bonchev–Trinajstić information content (AvgIpc) is 2.91. The van der Waals surface area contributed by atoms with Crippen molar-refractivity contribution in [3.05, 3.63) is 29.8 Å². The van der Waals surface area contributed by atoms with Crippen LogP contribution in [0.3, 0.4) is 0 Å². The highest BCUT2D eigenvalue weighted by atomic mass is 16.5. The molecule has 0 radical (unpaired) electrons. The molecule has 0 unspecified atom stereocenters. The quantitative estimate of drug-likeness (QED) is 0.899. The molecule has 2 aliphatic heterocycles. The number of carbonyl (C=O) groups excluding carboxylic acids is 2. The molecule has 2 heterocycles. The summed E-state index contributed by atoms with van der Waals surface area (Å²) in [5, 5.41) is 2.95. The van der Waals surface area contributed by atoms with Crippen molar-refractivity contribution in [3.8, 4) is 5.75 Å². The third kappa shape index (κ3) is 3.79. The van der Waals surface area contributed by atoms with Crippen LogP contribution in [0.2, 0.25) is 0 Å². The van der Waals surface area contributed by atoms with E-state index in [-0.39, 0.29) is 18.0 Å². The fraction of sp³-hybridized carbons (Fsp3) is 0.600. The molecule has 26 heavy (non-hydrogen) atoms. The summed E-state index contributed by atoms with van der Waals surface area (Å²) in [6.07, 6.45) is 2.58. The van der Waals surface area contributed by atoms with Gasteiger partial charge in [0.25, 0.3) is 0 Å². The molecule has 3 amide bonds. The van der Waals surface area contributed by atoms with Crippen molar-refractivity contribution in [3.63, 3.8) is 0 Å². The third-order valence-corrected chi connectivity index (χ3v) is 5.41. The number of carbonyl (C=O) groups is 2. The summed E-state index contributed by atoms with van der Waals surface area (Å²) >= 11 is 0. The highest BCUT2D eigenvalue weighted by Crippen LogP contribution is 2.40. The van der Waals surface area contributed by atoms with Gasteiger partial charge in [-0.25, -0.2) is 4.79 Å². The molecule has 2 aliphatic rings. The third-order valence-electron chi connectivity index (χ3n) is 5.41. The van der Waals surface area contributed by atoms with E-state index in [2.05, 4.69) is 5.32 Å². The number of hydrogen-bond donors (Lipinski definition) is 1. The number of nitrogens with zero attached hydrogens (tertiary/aromatic N) is 2. The summed E-state index contributed by atoms with van der Waals surface area (Å²) in [5.74, 6) is 1.01. The Bertz CT molecular complexity index is 659. The van der Waals surface area contributed by atoms with Gasteiger partial charge in [-0.1, -0.05) is 12.1 Å². The molecule has 1 spiro atoms. The van der Waals surface area contributed by atoms with Crippen molar-refractivity contribution in [2.24, 2.45) is 5.41 Å². The lowest BCUT2D eigenvalue weighted by molar-refractivity contribution is -0.138. The van der Waals surface area contributed by atoms with E-state index < -0.39 is 5.41 Å². The van der Waals surface area contributed by atoms with Crippen molar-refractivity contribution in [1.29, 1.82) is 0 Å². The molecule has 142 valence electrons. The van der Waals surface area contributed by atoms with E-state index >= 15 is 0 Å². The van der Waals surface area contributed by atoms with Crippen LogP contribution in [0.5, 0.6) is 5.75 Å². The number of amides is 3. The number of piperidine rings is 1. The number of benzene rings is 1. The Morgan fingerprint density at radius 2 is 1.96 bits per heavy atom.